The van der Waals surface area contributed by atoms with Crippen molar-refractivity contribution in [3.8, 4) is 17.0 Å². The number of benzene rings is 2. The van der Waals surface area contributed by atoms with E-state index < -0.39 is 23.1 Å². The molecule has 2 aromatic carbocycles. The normalized spacial score (nSPS) is 18.2. The summed E-state index contributed by atoms with van der Waals surface area (Å²) < 4.78 is 40.0. The van der Waals surface area contributed by atoms with E-state index >= 15 is 0 Å². The number of rotatable bonds is 5. The first kappa shape index (κ1) is 27.4. The molecule has 40 heavy (non-hydrogen) atoms. The van der Waals surface area contributed by atoms with Gasteiger partial charge in [0.1, 0.15) is 28.7 Å². The number of pyridine rings is 1. The van der Waals surface area contributed by atoms with E-state index in [9.17, 15) is 18.4 Å². The van der Waals surface area contributed by atoms with Crippen LogP contribution >= 0.6 is 0 Å². The molecule has 210 valence electrons. The van der Waals surface area contributed by atoms with E-state index in [4.69, 9.17) is 9.47 Å². The predicted molar refractivity (Wildman–Crippen MR) is 148 cm³/mol. The molecule has 0 N–H and O–H groups in total. The zero-order chi connectivity index (χ0) is 28.8. The number of likely N-dealkylation sites (tertiary alicyclic amines) is 1. The molecule has 0 spiro atoms. The van der Waals surface area contributed by atoms with Gasteiger partial charge in [-0.1, -0.05) is 12.1 Å². The van der Waals surface area contributed by atoms with Crippen molar-refractivity contribution >= 4 is 23.4 Å². The molecule has 3 aromatic rings. The highest BCUT2D eigenvalue weighted by atomic mass is 19.1. The Morgan fingerprint density at radius 2 is 1.77 bits per heavy atom. The summed E-state index contributed by atoms with van der Waals surface area (Å²) in [4.78, 5) is 35.9. The molecule has 2 bridgehead atoms. The lowest BCUT2D eigenvalue weighted by atomic mass is 10.1. The van der Waals surface area contributed by atoms with Crippen molar-refractivity contribution in [3.63, 3.8) is 0 Å². The first-order chi connectivity index (χ1) is 19.0. The van der Waals surface area contributed by atoms with E-state index in [2.05, 4.69) is 9.88 Å². The topological polar surface area (TPSA) is 75.2 Å². The summed E-state index contributed by atoms with van der Waals surface area (Å²) in [7, 11) is 2.99. The molecule has 5 rings (SSSR count). The Morgan fingerprint density at radius 1 is 1.02 bits per heavy atom. The first-order valence-electron chi connectivity index (χ1n) is 13.1. The van der Waals surface area contributed by atoms with Gasteiger partial charge in [0, 0.05) is 26.2 Å². The number of piperazine rings is 1. The number of carbonyl (C=O) groups is 2. The first-order valence-corrected chi connectivity index (χ1v) is 13.1. The van der Waals surface area contributed by atoms with Crippen molar-refractivity contribution in [2.24, 2.45) is 0 Å². The molecule has 3 heterocycles. The number of methoxy groups -OCH3 is 1. The third kappa shape index (κ3) is 5.17. The average Bonchev–Trinajstić information content (AvgIpc) is 3.52. The molecular weight excluding hydrogens is 518 g/mol. The maximum absolute atomic E-state index is 14.7. The summed E-state index contributed by atoms with van der Waals surface area (Å²) in [5.41, 5.74) is 0.926. The van der Waals surface area contributed by atoms with Gasteiger partial charge in [0.2, 0.25) is 0 Å². The molecule has 1 aromatic heterocycles. The second-order valence-electron chi connectivity index (χ2n) is 11.1. The number of amides is 2. The number of anilines is 2. The molecule has 8 nitrogen and oxygen atoms in total. The number of fused-ring (bicyclic) bond motifs is 2. The summed E-state index contributed by atoms with van der Waals surface area (Å²) in [6.07, 6.45) is 0.408. The molecular formula is C30H32F2N4O4. The Hall–Kier alpha value is -4.21. The van der Waals surface area contributed by atoms with Crippen LogP contribution in [0.4, 0.5) is 25.0 Å². The number of hydrogen-bond donors (Lipinski definition) is 0. The standard InChI is InChI=1S/C30H32F2N4O4/c1-30(2,3)40-29(38)36-17-19-15-20(36)16-35(19)24-13-12-18(31)14-25(24)34(4)28(37)23-10-7-9-22(33-23)27-21(32)8-6-11-26(27)39-5/h6-14,19-20H,15-17H2,1-5H3/t19-,20-/m1/s1. The van der Waals surface area contributed by atoms with Crippen LogP contribution in [0.1, 0.15) is 37.7 Å². The minimum absolute atomic E-state index is 0.000190. The van der Waals surface area contributed by atoms with Crippen LogP contribution in [0.2, 0.25) is 0 Å². The highest BCUT2D eigenvalue weighted by Gasteiger charge is 2.47. The second kappa shape index (κ2) is 10.4. The molecule has 10 heteroatoms. The summed E-state index contributed by atoms with van der Waals surface area (Å²) in [5, 5.41) is 0. The molecule has 2 aliphatic rings. The van der Waals surface area contributed by atoms with Gasteiger partial charge in [0.25, 0.3) is 5.91 Å². The van der Waals surface area contributed by atoms with Crippen LogP contribution in [-0.4, -0.2) is 66.8 Å². The average molecular weight is 551 g/mol. The van der Waals surface area contributed by atoms with Crippen molar-refractivity contribution in [1.82, 2.24) is 9.88 Å². The monoisotopic (exact) mass is 550 g/mol. The fourth-order valence-electron chi connectivity index (χ4n) is 5.41. The van der Waals surface area contributed by atoms with Gasteiger partial charge >= 0.3 is 6.09 Å². The Labute approximate surface area is 232 Å². The summed E-state index contributed by atoms with van der Waals surface area (Å²) in [6.45, 7) is 6.51. The van der Waals surface area contributed by atoms with Crippen molar-refractivity contribution in [2.75, 3.05) is 37.0 Å². The van der Waals surface area contributed by atoms with Gasteiger partial charge in [0.15, 0.2) is 0 Å². The van der Waals surface area contributed by atoms with Crippen molar-refractivity contribution < 1.29 is 27.8 Å². The van der Waals surface area contributed by atoms with Gasteiger partial charge in [-0.15, -0.1) is 0 Å². The number of hydrogen-bond acceptors (Lipinski definition) is 6. The minimum Gasteiger partial charge on any atom is -0.496 e. The maximum Gasteiger partial charge on any atom is 0.410 e. The largest absolute Gasteiger partial charge is 0.496 e. The van der Waals surface area contributed by atoms with Gasteiger partial charge < -0.3 is 24.2 Å². The molecule has 2 atom stereocenters. The van der Waals surface area contributed by atoms with E-state index in [0.717, 1.165) is 6.42 Å². The van der Waals surface area contributed by atoms with Gasteiger partial charge in [-0.2, -0.15) is 0 Å². The van der Waals surface area contributed by atoms with Crippen LogP contribution in [0.25, 0.3) is 11.3 Å². The van der Waals surface area contributed by atoms with Crippen LogP contribution in [0.5, 0.6) is 5.75 Å². The van der Waals surface area contributed by atoms with Gasteiger partial charge in [-0.25, -0.2) is 18.6 Å². The Bertz CT molecular complexity index is 1460. The Balaban J connectivity index is 1.40. The summed E-state index contributed by atoms with van der Waals surface area (Å²) >= 11 is 0. The lowest BCUT2D eigenvalue weighted by molar-refractivity contribution is 0.0214. The van der Waals surface area contributed by atoms with E-state index in [-0.39, 0.29) is 35.1 Å². The maximum atomic E-state index is 14.7. The molecule has 0 radical (unpaired) electrons. The minimum atomic E-state index is -0.589. The number of nitrogens with zero attached hydrogens (tertiary/aromatic N) is 4. The van der Waals surface area contributed by atoms with Crippen LogP contribution in [0, 0.1) is 11.6 Å². The Morgan fingerprint density at radius 3 is 2.45 bits per heavy atom. The van der Waals surface area contributed by atoms with E-state index in [1.165, 1.54) is 42.3 Å². The highest BCUT2D eigenvalue weighted by molar-refractivity contribution is 6.06. The molecule has 0 saturated carbocycles. The smallest absolute Gasteiger partial charge is 0.410 e. The van der Waals surface area contributed by atoms with E-state index in [1.807, 2.05) is 20.8 Å². The zero-order valence-electron chi connectivity index (χ0n) is 23.1. The summed E-state index contributed by atoms with van der Waals surface area (Å²) in [5.74, 6) is -1.20. The quantitative estimate of drug-likeness (QED) is 0.417. The molecule has 2 fully saturated rings. The van der Waals surface area contributed by atoms with Crippen molar-refractivity contribution in [1.29, 1.82) is 0 Å². The number of carbonyl (C=O) groups excluding carboxylic acids is 2. The zero-order valence-corrected chi connectivity index (χ0v) is 23.1. The fraction of sp³-hybridized carbons (Fsp3) is 0.367. The van der Waals surface area contributed by atoms with Crippen LogP contribution in [-0.2, 0) is 4.74 Å². The predicted octanol–water partition coefficient (Wildman–Crippen LogP) is 5.51. The van der Waals surface area contributed by atoms with E-state index in [1.54, 1.807) is 36.2 Å². The van der Waals surface area contributed by atoms with Crippen molar-refractivity contribution in [2.45, 2.75) is 44.9 Å². The third-order valence-electron chi connectivity index (χ3n) is 7.20. The second-order valence-corrected chi connectivity index (χ2v) is 11.1. The van der Waals surface area contributed by atoms with Gasteiger partial charge in [0.05, 0.1) is 35.8 Å². The number of halogens is 2. The third-order valence-corrected chi connectivity index (χ3v) is 7.20. The van der Waals surface area contributed by atoms with Crippen LogP contribution < -0.4 is 14.5 Å². The molecule has 0 aliphatic carbocycles. The van der Waals surface area contributed by atoms with Crippen LogP contribution in [0.3, 0.4) is 0 Å². The van der Waals surface area contributed by atoms with Crippen molar-refractivity contribution in [3.05, 3.63) is 71.9 Å². The van der Waals surface area contributed by atoms with Crippen LogP contribution in [0.15, 0.2) is 54.6 Å². The highest BCUT2D eigenvalue weighted by Crippen LogP contribution is 2.40. The molecule has 0 unspecified atom stereocenters. The SMILES string of the molecule is COc1cccc(F)c1-c1cccc(C(=O)N(C)c2cc(F)ccc2N2C[C@H]3C[C@@H]2CN3C(=O)OC(C)(C)C)n1. The van der Waals surface area contributed by atoms with Gasteiger partial charge in [-0.3, -0.25) is 4.79 Å². The molecule has 2 aliphatic heterocycles. The number of ether oxygens (including phenoxy) is 2. The number of aromatic nitrogens is 1. The van der Waals surface area contributed by atoms with Gasteiger partial charge in [-0.05, 0) is 69.7 Å². The lowest BCUT2D eigenvalue weighted by Gasteiger charge is -2.37. The summed E-state index contributed by atoms with van der Waals surface area (Å²) in [6, 6.07) is 13.5. The fourth-order valence-corrected chi connectivity index (χ4v) is 5.41. The lowest BCUT2D eigenvalue weighted by Crippen LogP contribution is -2.50. The molecule has 2 saturated heterocycles. The van der Waals surface area contributed by atoms with E-state index in [0.29, 0.717) is 30.2 Å². The molecule has 2 amide bonds. The Kier molecular flexibility index (Phi) is 7.12.